The molecule has 1 heterocycles. The third-order valence-corrected chi connectivity index (χ3v) is 2.92. The van der Waals surface area contributed by atoms with Crippen molar-refractivity contribution < 1.29 is 5.11 Å². The zero-order valence-corrected chi connectivity index (χ0v) is 9.59. The highest BCUT2D eigenvalue weighted by molar-refractivity contribution is 5.85. The van der Waals surface area contributed by atoms with Crippen LogP contribution in [-0.4, -0.2) is 18.2 Å². The molecule has 0 unspecified atom stereocenters. The minimum absolute atomic E-state index is 0. The van der Waals surface area contributed by atoms with Crippen LogP contribution in [0, 0.1) is 5.92 Å². The van der Waals surface area contributed by atoms with Gasteiger partial charge in [0, 0.05) is 0 Å². The van der Waals surface area contributed by atoms with Crippen LogP contribution in [0.2, 0.25) is 0 Å². The van der Waals surface area contributed by atoms with Gasteiger partial charge in [-0.2, -0.15) is 0 Å². The fraction of sp³-hybridized carbons (Fsp3) is 0.500. The maximum atomic E-state index is 9.15. The van der Waals surface area contributed by atoms with Crippen molar-refractivity contribution in [2.45, 2.75) is 19.3 Å². The topological polar surface area (TPSA) is 32.3 Å². The Labute approximate surface area is 97.1 Å². The number of halogens is 1. The van der Waals surface area contributed by atoms with Gasteiger partial charge in [0.15, 0.2) is 0 Å². The van der Waals surface area contributed by atoms with Crippen LogP contribution in [0.15, 0.2) is 24.3 Å². The molecule has 3 heteroatoms. The molecule has 2 rings (SSSR count). The molecule has 2 nitrogen and oxygen atoms in total. The van der Waals surface area contributed by atoms with E-state index in [-0.39, 0.29) is 12.4 Å². The van der Waals surface area contributed by atoms with Crippen LogP contribution in [-0.2, 0) is 6.42 Å². The van der Waals surface area contributed by atoms with Crippen LogP contribution in [0.1, 0.15) is 18.4 Å². The SMILES string of the molecule is Cl.Oc1ccc(CC2CCNCC2)cc1. The molecule has 0 radical (unpaired) electrons. The molecule has 0 aromatic heterocycles. The lowest BCUT2D eigenvalue weighted by atomic mass is 9.91. The van der Waals surface area contributed by atoms with Gasteiger partial charge in [-0.1, -0.05) is 12.1 Å². The van der Waals surface area contributed by atoms with Gasteiger partial charge < -0.3 is 10.4 Å². The summed E-state index contributed by atoms with van der Waals surface area (Å²) in [6.07, 6.45) is 3.71. The number of benzene rings is 1. The van der Waals surface area contributed by atoms with Crippen LogP contribution in [0.4, 0.5) is 0 Å². The van der Waals surface area contributed by atoms with E-state index in [1.807, 2.05) is 12.1 Å². The van der Waals surface area contributed by atoms with E-state index in [1.165, 1.54) is 18.4 Å². The third kappa shape index (κ3) is 3.73. The average Bonchev–Trinajstić information content (AvgIpc) is 2.23. The average molecular weight is 228 g/mol. The van der Waals surface area contributed by atoms with Crippen LogP contribution in [0.25, 0.3) is 0 Å². The molecule has 15 heavy (non-hydrogen) atoms. The summed E-state index contributed by atoms with van der Waals surface area (Å²) in [7, 11) is 0. The van der Waals surface area contributed by atoms with Gasteiger partial charge in [0.05, 0.1) is 0 Å². The van der Waals surface area contributed by atoms with E-state index in [9.17, 15) is 0 Å². The Morgan fingerprint density at radius 3 is 2.33 bits per heavy atom. The van der Waals surface area contributed by atoms with Crippen LogP contribution in [0.5, 0.6) is 5.75 Å². The number of hydrogen-bond acceptors (Lipinski definition) is 2. The minimum Gasteiger partial charge on any atom is -0.508 e. The molecule has 1 aromatic carbocycles. The van der Waals surface area contributed by atoms with E-state index >= 15 is 0 Å². The van der Waals surface area contributed by atoms with E-state index in [0.717, 1.165) is 25.4 Å². The number of phenols is 1. The second kappa shape index (κ2) is 5.99. The van der Waals surface area contributed by atoms with Gasteiger partial charge in [-0.15, -0.1) is 12.4 Å². The van der Waals surface area contributed by atoms with E-state index in [0.29, 0.717) is 5.75 Å². The van der Waals surface area contributed by atoms with Crippen molar-refractivity contribution in [3.8, 4) is 5.75 Å². The number of piperidine rings is 1. The maximum absolute atomic E-state index is 9.15. The molecule has 1 saturated heterocycles. The first kappa shape index (κ1) is 12.3. The van der Waals surface area contributed by atoms with Crippen molar-refractivity contribution in [2.75, 3.05) is 13.1 Å². The second-order valence-corrected chi connectivity index (χ2v) is 4.06. The Morgan fingerprint density at radius 1 is 1.13 bits per heavy atom. The minimum atomic E-state index is 0. The normalized spacial score (nSPS) is 17.1. The number of aromatic hydroxyl groups is 1. The highest BCUT2D eigenvalue weighted by atomic mass is 35.5. The fourth-order valence-electron chi connectivity index (χ4n) is 2.05. The van der Waals surface area contributed by atoms with Crippen molar-refractivity contribution in [3.05, 3.63) is 29.8 Å². The maximum Gasteiger partial charge on any atom is 0.115 e. The first-order valence-electron chi connectivity index (χ1n) is 5.33. The molecule has 0 atom stereocenters. The van der Waals surface area contributed by atoms with Gasteiger partial charge >= 0.3 is 0 Å². The van der Waals surface area contributed by atoms with E-state index < -0.39 is 0 Å². The van der Waals surface area contributed by atoms with Crippen molar-refractivity contribution in [1.82, 2.24) is 5.32 Å². The van der Waals surface area contributed by atoms with E-state index in [2.05, 4.69) is 5.32 Å². The fourth-order valence-corrected chi connectivity index (χ4v) is 2.05. The Morgan fingerprint density at radius 2 is 1.73 bits per heavy atom. The van der Waals surface area contributed by atoms with Gasteiger partial charge in [0.25, 0.3) is 0 Å². The predicted molar refractivity (Wildman–Crippen MR) is 64.7 cm³/mol. The molecule has 1 fully saturated rings. The second-order valence-electron chi connectivity index (χ2n) is 4.06. The summed E-state index contributed by atoms with van der Waals surface area (Å²) in [4.78, 5) is 0. The summed E-state index contributed by atoms with van der Waals surface area (Å²) in [5.74, 6) is 1.18. The van der Waals surface area contributed by atoms with Gasteiger partial charge in [0.2, 0.25) is 0 Å². The summed E-state index contributed by atoms with van der Waals surface area (Å²) in [5, 5.41) is 12.5. The molecule has 0 spiro atoms. The summed E-state index contributed by atoms with van der Waals surface area (Å²) >= 11 is 0. The molecule has 2 N–H and O–H groups in total. The molecule has 1 aliphatic heterocycles. The number of nitrogens with one attached hydrogen (secondary N) is 1. The number of phenolic OH excluding ortho intramolecular Hbond substituents is 1. The van der Waals surface area contributed by atoms with Crippen molar-refractivity contribution in [3.63, 3.8) is 0 Å². The predicted octanol–water partition coefficient (Wildman–Crippen LogP) is 2.36. The van der Waals surface area contributed by atoms with Crippen molar-refractivity contribution >= 4 is 12.4 Å². The molecule has 0 aliphatic carbocycles. The lowest BCUT2D eigenvalue weighted by Gasteiger charge is -2.22. The lowest BCUT2D eigenvalue weighted by Crippen LogP contribution is -2.28. The summed E-state index contributed by atoms with van der Waals surface area (Å²) in [5.41, 5.74) is 1.34. The summed E-state index contributed by atoms with van der Waals surface area (Å²) in [6, 6.07) is 7.60. The Bertz CT molecular complexity index is 280. The number of rotatable bonds is 2. The Balaban J connectivity index is 0.00000112. The van der Waals surface area contributed by atoms with Crippen LogP contribution >= 0.6 is 12.4 Å². The van der Waals surface area contributed by atoms with Gasteiger partial charge in [-0.3, -0.25) is 0 Å². The lowest BCUT2D eigenvalue weighted by molar-refractivity contribution is 0.372. The molecule has 0 saturated carbocycles. The smallest absolute Gasteiger partial charge is 0.115 e. The van der Waals surface area contributed by atoms with E-state index in [4.69, 9.17) is 5.11 Å². The van der Waals surface area contributed by atoms with E-state index in [1.54, 1.807) is 12.1 Å². The highest BCUT2D eigenvalue weighted by Crippen LogP contribution is 2.19. The molecular formula is C12H18ClNO. The monoisotopic (exact) mass is 227 g/mol. The molecule has 0 bridgehead atoms. The van der Waals surface area contributed by atoms with Crippen molar-refractivity contribution in [2.24, 2.45) is 5.92 Å². The Kier molecular flexibility index (Phi) is 4.92. The zero-order chi connectivity index (χ0) is 9.80. The largest absolute Gasteiger partial charge is 0.508 e. The van der Waals surface area contributed by atoms with Crippen molar-refractivity contribution in [1.29, 1.82) is 0 Å². The van der Waals surface area contributed by atoms with Crippen LogP contribution in [0.3, 0.4) is 0 Å². The third-order valence-electron chi connectivity index (χ3n) is 2.92. The van der Waals surface area contributed by atoms with Gasteiger partial charge in [-0.05, 0) is 56.0 Å². The zero-order valence-electron chi connectivity index (χ0n) is 8.78. The highest BCUT2D eigenvalue weighted by Gasteiger charge is 2.12. The van der Waals surface area contributed by atoms with Crippen LogP contribution < -0.4 is 5.32 Å². The quantitative estimate of drug-likeness (QED) is 0.813. The van der Waals surface area contributed by atoms with Gasteiger partial charge in [-0.25, -0.2) is 0 Å². The standard InChI is InChI=1S/C12H17NO.ClH/c14-12-3-1-10(2-4-12)9-11-5-7-13-8-6-11;/h1-4,11,13-14H,5-9H2;1H. The molecule has 1 aliphatic rings. The molecule has 1 aromatic rings. The Hall–Kier alpha value is -0.730. The molecule has 84 valence electrons. The summed E-state index contributed by atoms with van der Waals surface area (Å²) < 4.78 is 0. The first-order valence-corrected chi connectivity index (χ1v) is 5.33. The summed E-state index contributed by atoms with van der Waals surface area (Å²) in [6.45, 7) is 2.31. The molecule has 0 amide bonds. The number of hydrogen-bond donors (Lipinski definition) is 2. The first-order chi connectivity index (χ1) is 6.84. The molecular weight excluding hydrogens is 210 g/mol. The van der Waals surface area contributed by atoms with Gasteiger partial charge in [0.1, 0.15) is 5.75 Å².